The van der Waals surface area contributed by atoms with E-state index in [0.717, 1.165) is 11.3 Å². The molecule has 172 valence electrons. The zero-order valence-electron chi connectivity index (χ0n) is 18.7. The summed E-state index contributed by atoms with van der Waals surface area (Å²) in [6, 6.07) is 34.2. The van der Waals surface area contributed by atoms with Crippen LogP contribution in [0.5, 0.6) is 0 Å². The summed E-state index contributed by atoms with van der Waals surface area (Å²) in [7, 11) is 0. The Labute approximate surface area is 208 Å². The van der Waals surface area contributed by atoms with E-state index in [1.54, 1.807) is 24.3 Å². The first kappa shape index (κ1) is 22.6. The molecule has 5 rings (SSSR count). The molecule has 0 spiro atoms. The first-order chi connectivity index (χ1) is 17.1. The van der Waals surface area contributed by atoms with E-state index in [0.29, 0.717) is 27.4 Å². The van der Waals surface area contributed by atoms with Crippen LogP contribution in [0.25, 0.3) is 5.57 Å². The Morgan fingerprint density at radius 2 is 1.26 bits per heavy atom. The molecule has 1 heterocycles. The van der Waals surface area contributed by atoms with Crippen LogP contribution in [-0.2, 0) is 4.79 Å². The molecule has 0 radical (unpaired) electrons. The van der Waals surface area contributed by atoms with Crippen molar-refractivity contribution in [2.45, 2.75) is 6.04 Å². The SMILES string of the molecule is O=C(C1=C(c2ccccc2)[C@@H](C(=O)O)C(c2ccc(Cl)cc2)N1c1ccccc1)c1ccccc1. The summed E-state index contributed by atoms with van der Waals surface area (Å²) in [5.41, 5.74) is 3.56. The summed E-state index contributed by atoms with van der Waals surface area (Å²) < 4.78 is 0. The number of Topliss-reactive ketones (excluding diaryl/α,β-unsaturated/α-hetero) is 1. The van der Waals surface area contributed by atoms with Gasteiger partial charge in [-0.05, 0) is 35.4 Å². The number of carbonyl (C=O) groups is 2. The molecular weight excluding hydrogens is 458 g/mol. The van der Waals surface area contributed by atoms with Crippen molar-refractivity contribution in [3.05, 3.63) is 143 Å². The van der Waals surface area contributed by atoms with Gasteiger partial charge in [0.05, 0.1) is 11.7 Å². The second kappa shape index (κ2) is 9.61. The summed E-state index contributed by atoms with van der Waals surface area (Å²) >= 11 is 6.16. The van der Waals surface area contributed by atoms with E-state index in [4.69, 9.17) is 11.6 Å². The molecule has 1 aliphatic rings. The van der Waals surface area contributed by atoms with E-state index in [-0.39, 0.29) is 5.78 Å². The van der Waals surface area contributed by atoms with Gasteiger partial charge in [0.1, 0.15) is 5.92 Å². The average Bonchev–Trinajstić information content (AvgIpc) is 3.27. The Kier molecular flexibility index (Phi) is 6.21. The van der Waals surface area contributed by atoms with Crippen LogP contribution in [-0.4, -0.2) is 16.9 Å². The first-order valence-electron chi connectivity index (χ1n) is 11.3. The Morgan fingerprint density at radius 3 is 1.83 bits per heavy atom. The van der Waals surface area contributed by atoms with Crippen molar-refractivity contribution >= 4 is 34.6 Å². The molecule has 0 bridgehead atoms. The molecule has 4 aromatic rings. The van der Waals surface area contributed by atoms with E-state index >= 15 is 0 Å². The maximum Gasteiger partial charge on any atom is 0.313 e. The smallest absolute Gasteiger partial charge is 0.313 e. The largest absolute Gasteiger partial charge is 0.481 e. The number of anilines is 1. The molecule has 0 saturated carbocycles. The maximum atomic E-state index is 14.1. The third-order valence-electron chi connectivity index (χ3n) is 6.25. The molecule has 0 saturated heterocycles. The quantitative estimate of drug-likeness (QED) is 0.306. The van der Waals surface area contributed by atoms with E-state index < -0.39 is 17.9 Å². The highest BCUT2D eigenvalue weighted by molar-refractivity contribution is 6.30. The van der Waals surface area contributed by atoms with Crippen LogP contribution in [0.2, 0.25) is 5.02 Å². The Bertz CT molecular complexity index is 1380. The zero-order valence-corrected chi connectivity index (χ0v) is 19.5. The third kappa shape index (κ3) is 4.25. The van der Waals surface area contributed by atoms with Crippen LogP contribution in [0, 0.1) is 5.92 Å². The molecular formula is C30H22ClNO3. The van der Waals surface area contributed by atoms with Crippen LogP contribution in [0.1, 0.15) is 27.5 Å². The Hall–Kier alpha value is -4.15. The molecule has 2 atom stereocenters. The molecule has 4 nitrogen and oxygen atoms in total. The van der Waals surface area contributed by atoms with E-state index in [1.165, 1.54) is 0 Å². The predicted octanol–water partition coefficient (Wildman–Crippen LogP) is 6.90. The Balaban J connectivity index is 1.83. The molecule has 1 unspecified atom stereocenters. The van der Waals surface area contributed by atoms with Gasteiger partial charge in [0, 0.05) is 21.8 Å². The van der Waals surface area contributed by atoms with Gasteiger partial charge in [-0.15, -0.1) is 0 Å². The van der Waals surface area contributed by atoms with Crippen molar-refractivity contribution in [2.75, 3.05) is 4.90 Å². The topological polar surface area (TPSA) is 57.6 Å². The minimum Gasteiger partial charge on any atom is -0.481 e. The van der Waals surface area contributed by atoms with Gasteiger partial charge >= 0.3 is 5.97 Å². The lowest BCUT2D eigenvalue weighted by Crippen LogP contribution is -2.32. The van der Waals surface area contributed by atoms with Crippen LogP contribution in [0.4, 0.5) is 5.69 Å². The normalized spacial score (nSPS) is 17.5. The van der Waals surface area contributed by atoms with Gasteiger partial charge in [0.2, 0.25) is 5.78 Å². The van der Waals surface area contributed by atoms with Crippen LogP contribution >= 0.6 is 11.6 Å². The van der Waals surface area contributed by atoms with Gasteiger partial charge < -0.3 is 10.0 Å². The fourth-order valence-electron chi connectivity index (χ4n) is 4.75. The second-order valence-corrected chi connectivity index (χ2v) is 8.78. The maximum absolute atomic E-state index is 14.1. The number of carboxylic acids is 1. The lowest BCUT2D eigenvalue weighted by molar-refractivity contribution is -0.140. The third-order valence-corrected chi connectivity index (χ3v) is 6.50. The molecule has 35 heavy (non-hydrogen) atoms. The fraction of sp³-hybridized carbons (Fsp3) is 0.0667. The van der Waals surface area contributed by atoms with Gasteiger partial charge in [-0.25, -0.2) is 0 Å². The van der Waals surface area contributed by atoms with Crippen molar-refractivity contribution < 1.29 is 14.7 Å². The van der Waals surface area contributed by atoms with Gasteiger partial charge in [0.15, 0.2) is 0 Å². The molecule has 0 aromatic heterocycles. The molecule has 0 amide bonds. The lowest BCUT2D eigenvalue weighted by atomic mass is 9.85. The molecule has 0 fully saturated rings. The number of halogens is 1. The van der Waals surface area contributed by atoms with Crippen molar-refractivity contribution in [2.24, 2.45) is 5.92 Å². The second-order valence-electron chi connectivity index (χ2n) is 8.34. The van der Waals surface area contributed by atoms with E-state index in [2.05, 4.69) is 0 Å². The minimum absolute atomic E-state index is 0.226. The fourth-order valence-corrected chi connectivity index (χ4v) is 4.88. The summed E-state index contributed by atoms with van der Waals surface area (Å²) in [5, 5.41) is 11.1. The van der Waals surface area contributed by atoms with E-state index in [1.807, 2.05) is 95.9 Å². The number of carboxylic acid groups (broad SMARTS) is 1. The van der Waals surface area contributed by atoms with Gasteiger partial charge in [-0.1, -0.05) is 103 Å². The summed E-state index contributed by atoms with van der Waals surface area (Å²) in [6.07, 6.45) is 0. The van der Waals surface area contributed by atoms with Gasteiger partial charge in [0.25, 0.3) is 0 Å². The van der Waals surface area contributed by atoms with Crippen molar-refractivity contribution in [3.8, 4) is 0 Å². The number of rotatable bonds is 6. The molecule has 1 N–H and O–H groups in total. The standard InChI is InChI=1S/C30H22ClNO3/c31-23-18-16-21(17-19-23)27-26(30(34)35)25(20-10-4-1-5-11-20)28(29(33)22-12-6-2-7-13-22)32(27)24-14-8-3-9-15-24/h1-19,26-27H,(H,34,35)/t26-,27?/m1/s1. The highest BCUT2D eigenvalue weighted by Gasteiger charge is 2.48. The van der Waals surface area contributed by atoms with Crippen LogP contribution < -0.4 is 4.90 Å². The van der Waals surface area contributed by atoms with Gasteiger partial charge in [-0.3, -0.25) is 9.59 Å². The number of benzene rings is 4. The number of hydrogen-bond acceptors (Lipinski definition) is 3. The number of allylic oxidation sites excluding steroid dienone is 1. The predicted molar refractivity (Wildman–Crippen MR) is 138 cm³/mol. The molecule has 1 aliphatic heterocycles. The van der Waals surface area contributed by atoms with Gasteiger partial charge in [-0.2, -0.15) is 0 Å². The number of nitrogens with zero attached hydrogens (tertiary/aromatic N) is 1. The zero-order chi connectivity index (χ0) is 24.4. The highest BCUT2D eigenvalue weighted by atomic mass is 35.5. The molecule has 4 aromatic carbocycles. The number of para-hydroxylation sites is 1. The summed E-state index contributed by atoms with van der Waals surface area (Å²) in [5.74, 6) is -2.21. The monoisotopic (exact) mass is 479 g/mol. The minimum atomic E-state index is -0.999. The number of hydrogen-bond donors (Lipinski definition) is 1. The lowest BCUT2D eigenvalue weighted by Gasteiger charge is -2.31. The molecule has 5 heteroatoms. The van der Waals surface area contributed by atoms with Crippen molar-refractivity contribution in [3.63, 3.8) is 0 Å². The Morgan fingerprint density at radius 1 is 0.714 bits per heavy atom. The molecule has 0 aliphatic carbocycles. The summed E-state index contributed by atoms with van der Waals surface area (Å²) in [4.78, 5) is 28.9. The van der Waals surface area contributed by atoms with Crippen molar-refractivity contribution in [1.29, 1.82) is 0 Å². The first-order valence-corrected chi connectivity index (χ1v) is 11.7. The van der Waals surface area contributed by atoms with Crippen LogP contribution in [0.15, 0.2) is 121 Å². The van der Waals surface area contributed by atoms with Crippen molar-refractivity contribution in [1.82, 2.24) is 0 Å². The summed E-state index contributed by atoms with van der Waals surface area (Å²) in [6.45, 7) is 0. The van der Waals surface area contributed by atoms with E-state index in [9.17, 15) is 14.7 Å². The average molecular weight is 480 g/mol. The number of aliphatic carboxylic acids is 1. The number of carbonyl (C=O) groups excluding carboxylic acids is 1. The number of ketones is 1. The highest BCUT2D eigenvalue weighted by Crippen LogP contribution is 2.51. The van der Waals surface area contributed by atoms with Crippen LogP contribution in [0.3, 0.4) is 0 Å².